The van der Waals surface area contributed by atoms with E-state index >= 15 is 0 Å². The van der Waals surface area contributed by atoms with Gasteiger partial charge in [0.15, 0.2) is 5.82 Å². The molecule has 3 aliphatic heterocycles. The molecule has 0 radical (unpaired) electrons. The molecule has 2 aromatic rings. The van der Waals surface area contributed by atoms with E-state index < -0.39 is 5.82 Å². The highest BCUT2D eigenvalue weighted by molar-refractivity contribution is 9.10. The van der Waals surface area contributed by atoms with Crippen LogP contribution in [-0.4, -0.2) is 47.2 Å². The number of ether oxygens (including phenoxy) is 1. The highest BCUT2D eigenvalue weighted by atomic mass is 79.9. The van der Waals surface area contributed by atoms with E-state index in [1.807, 2.05) is 6.07 Å². The summed E-state index contributed by atoms with van der Waals surface area (Å²) in [6, 6.07) is 4.28. The third kappa shape index (κ3) is 3.20. The molecule has 0 saturated carbocycles. The van der Waals surface area contributed by atoms with Crippen molar-refractivity contribution in [3.63, 3.8) is 0 Å². The first kappa shape index (κ1) is 17.0. The fourth-order valence-corrected chi connectivity index (χ4v) is 3.99. The summed E-state index contributed by atoms with van der Waals surface area (Å²) in [7, 11) is 1.42. The number of hydrogen-bond acceptors (Lipinski definition) is 5. The molecule has 2 unspecified atom stereocenters. The second kappa shape index (κ2) is 6.70. The maximum Gasteiger partial charge on any atom is 0.250 e. The van der Waals surface area contributed by atoms with Crippen molar-refractivity contribution in [1.29, 1.82) is 0 Å². The van der Waals surface area contributed by atoms with Crippen LogP contribution in [0.3, 0.4) is 0 Å². The number of rotatable bonds is 4. The lowest BCUT2D eigenvalue weighted by molar-refractivity contribution is -0.00884. The molecule has 0 N–H and O–H groups in total. The third-order valence-corrected chi connectivity index (χ3v) is 6.06. The predicted molar refractivity (Wildman–Crippen MR) is 97.6 cm³/mol. The van der Waals surface area contributed by atoms with Gasteiger partial charge in [-0.25, -0.2) is 14.4 Å². The number of fused-ring (bicyclic) bond motifs is 2. The number of methoxy groups -OCH3 is 1. The Morgan fingerprint density at radius 3 is 2.68 bits per heavy atom. The van der Waals surface area contributed by atoms with Crippen molar-refractivity contribution < 1.29 is 9.13 Å². The van der Waals surface area contributed by atoms with Crippen LogP contribution in [-0.2, 0) is 6.54 Å². The zero-order valence-corrected chi connectivity index (χ0v) is 16.0. The van der Waals surface area contributed by atoms with Crippen LogP contribution in [0.4, 0.5) is 10.2 Å². The summed E-state index contributed by atoms with van der Waals surface area (Å²) in [6.45, 7) is 2.49. The fourth-order valence-electron chi connectivity index (χ4n) is 3.62. The molecule has 2 bridgehead atoms. The molecule has 2 atom stereocenters. The molecule has 132 valence electrons. The molecule has 3 saturated heterocycles. The molecule has 25 heavy (non-hydrogen) atoms. The number of piperidine rings is 1. The Balaban J connectivity index is 1.43. The Labute approximate surface area is 158 Å². The number of anilines is 1. The highest BCUT2D eigenvalue weighted by Gasteiger charge is 2.44. The Hall–Kier alpha value is -1.44. The van der Waals surface area contributed by atoms with E-state index in [9.17, 15) is 4.39 Å². The maximum absolute atomic E-state index is 13.8. The second-order valence-electron chi connectivity index (χ2n) is 6.41. The first-order valence-electron chi connectivity index (χ1n) is 8.05. The van der Waals surface area contributed by atoms with Crippen molar-refractivity contribution in [1.82, 2.24) is 14.9 Å². The van der Waals surface area contributed by atoms with Crippen LogP contribution in [0.25, 0.3) is 0 Å². The van der Waals surface area contributed by atoms with Gasteiger partial charge in [0.2, 0.25) is 5.88 Å². The monoisotopic (exact) mass is 426 g/mol. The fraction of sp³-hybridized carbons (Fsp3) is 0.412. The van der Waals surface area contributed by atoms with Crippen LogP contribution in [0.5, 0.6) is 5.88 Å². The summed E-state index contributed by atoms with van der Waals surface area (Å²) in [5.74, 6) is 0.526. The average Bonchev–Trinajstić information content (AvgIpc) is 2.62. The van der Waals surface area contributed by atoms with Gasteiger partial charge in [-0.3, -0.25) is 4.90 Å². The minimum absolute atomic E-state index is 0.0388. The van der Waals surface area contributed by atoms with Gasteiger partial charge < -0.3 is 9.64 Å². The van der Waals surface area contributed by atoms with Crippen molar-refractivity contribution >= 4 is 33.3 Å². The first-order chi connectivity index (χ1) is 12.0. The number of pyridine rings is 2. The van der Waals surface area contributed by atoms with Gasteiger partial charge in [-0.05, 0) is 34.0 Å². The quantitative estimate of drug-likeness (QED) is 0.747. The molecule has 0 aromatic carbocycles. The SMILES string of the molecule is COc1ncc(CN2C3CC2CN(c2cc(Cl)c(Br)cn2)C3)cc1F. The molecule has 3 fully saturated rings. The van der Waals surface area contributed by atoms with Gasteiger partial charge in [0.05, 0.1) is 16.6 Å². The molecule has 5 nitrogen and oxygen atoms in total. The minimum atomic E-state index is -0.416. The van der Waals surface area contributed by atoms with Crippen molar-refractivity contribution in [3.8, 4) is 5.88 Å². The second-order valence-corrected chi connectivity index (χ2v) is 7.67. The maximum atomic E-state index is 13.8. The molecule has 8 heteroatoms. The molecular weight excluding hydrogens is 411 g/mol. The van der Waals surface area contributed by atoms with E-state index in [-0.39, 0.29) is 5.88 Å². The smallest absolute Gasteiger partial charge is 0.250 e. The van der Waals surface area contributed by atoms with E-state index in [1.54, 1.807) is 12.4 Å². The summed E-state index contributed by atoms with van der Waals surface area (Å²) in [5, 5.41) is 0.667. The Morgan fingerprint density at radius 2 is 2.04 bits per heavy atom. The lowest BCUT2D eigenvalue weighted by Gasteiger charge is -2.56. The molecule has 5 heterocycles. The van der Waals surface area contributed by atoms with E-state index in [4.69, 9.17) is 16.3 Å². The first-order valence-corrected chi connectivity index (χ1v) is 9.22. The van der Waals surface area contributed by atoms with Gasteiger partial charge >= 0.3 is 0 Å². The highest BCUT2D eigenvalue weighted by Crippen LogP contribution is 2.36. The summed E-state index contributed by atoms with van der Waals surface area (Å²) in [4.78, 5) is 13.1. The predicted octanol–water partition coefficient (Wildman–Crippen LogP) is 3.50. The number of piperazine rings is 1. The number of hydrogen-bond donors (Lipinski definition) is 0. The minimum Gasteiger partial charge on any atom is -0.479 e. The van der Waals surface area contributed by atoms with Crippen LogP contribution < -0.4 is 9.64 Å². The molecule has 5 rings (SSSR count). The summed E-state index contributed by atoms with van der Waals surface area (Å²) >= 11 is 9.55. The van der Waals surface area contributed by atoms with Crippen LogP contribution in [0.15, 0.2) is 29.0 Å². The average molecular weight is 428 g/mol. The van der Waals surface area contributed by atoms with Gasteiger partial charge in [0, 0.05) is 50.2 Å². The normalized spacial score (nSPS) is 22.6. The molecule has 2 aromatic heterocycles. The topological polar surface area (TPSA) is 41.5 Å². The zero-order chi connectivity index (χ0) is 17.6. The largest absolute Gasteiger partial charge is 0.479 e. The number of nitrogens with zero attached hydrogens (tertiary/aromatic N) is 4. The zero-order valence-electron chi connectivity index (χ0n) is 13.6. The third-order valence-electron chi connectivity index (χ3n) is 4.89. The van der Waals surface area contributed by atoms with Crippen molar-refractivity contribution in [3.05, 3.63) is 45.4 Å². The van der Waals surface area contributed by atoms with Crippen molar-refractivity contribution in [2.24, 2.45) is 0 Å². The lowest BCUT2D eigenvalue weighted by atomic mass is 9.87. The van der Waals surface area contributed by atoms with E-state index in [0.717, 1.165) is 35.4 Å². The van der Waals surface area contributed by atoms with Crippen LogP contribution in [0.1, 0.15) is 12.0 Å². The Bertz CT molecular complexity index is 796. The van der Waals surface area contributed by atoms with Gasteiger partial charge in [-0.15, -0.1) is 0 Å². The van der Waals surface area contributed by atoms with E-state index in [1.165, 1.54) is 13.2 Å². The Kier molecular flexibility index (Phi) is 4.56. The van der Waals surface area contributed by atoms with Crippen LogP contribution >= 0.6 is 27.5 Å². The van der Waals surface area contributed by atoms with Gasteiger partial charge in [-0.2, -0.15) is 0 Å². The summed E-state index contributed by atoms with van der Waals surface area (Å²) < 4.78 is 19.5. The number of aromatic nitrogens is 2. The molecule has 3 aliphatic rings. The van der Waals surface area contributed by atoms with Gasteiger partial charge in [0.25, 0.3) is 0 Å². The molecular formula is C17H17BrClFN4O. The molecule has 0 aliphatic carbocycles. The van der Waals surface area contributed by atoms with Gasteiger partial charge in [-0.1, -0.05) is 11.6 Å². The Morgan fingerprint density at radius 1 is 1.28 bits per heavy atom. The van der Waals surface area contributed by atoms with E-state index in [0.29, 0.717) is 23.7 Å². The van der Waals surface area contributed by atoms with Crippen LogP contribution in [0, 0.1) is 5.82 Å². The standard InChI is InChI=1S/C17H17BrClFN4O/c1-25-17-15(20)2-10(5-22-17)7-24-11-3-12(24)9-23(8-11)16-4-14(19)13(18)6-21-16/h2,4-6,11-12H,3,7-9H2,1H3. The summed E-state index contributed by atoms with van der Waals surface area (Å²) in [5.41, 5.74) is 0.867. The van der Waals surface area contributed by atoms with E-state index in [2.05, 4.69) is 35.7 Å². The lowest BCUT2D eigenvalue weighted by Crippen LogP contribution is -2.68. The summed E-state index contributed by atoms with van der Waals surface area (Å²) in [6.07, 6.45) is 4.58. The van der Waals surface area contributed by atoms with Gasteiger partial charge in [0.1, 0.15) is 5.82 Å². The van der Waals surface area contributed by atoms with Crippen molar-refractivity contribution in [2.75, 3.05) is 25.1 Å². The van der Waals surface area contributed by atoms with Crippen LogP contribution in [0.2, 0.25) is 5.02 Å². The molecule has 0 amide bonds. The number of halogens is 3. The molecule has 0 spiro atoms. The van der Waals surface area contributed by atoms with Crippen molar-refractivity contribution in [2.45, 2.75) is 25.0 Å².